The van der Waals surface area contributed by atoms with Crippen molar-refractivity contribution in [3.05, 3.63) is 71.5 Å². The zero-order valence-electron chi connectivity index (χ0n) is 25.1. The van der Waals surface area contributed by atoms with E-state index in [2.05, 4.69) is 18.8 Å². The summed E-state index contributed by atoms with van der Waals surface area (Å²) >= 11 is 0. The highest BCUT2D eigenvalue weighted by Crippen LogP contribution is 2.40. The number of carbonyl (C=O) groups excluding carboxylic acids is 2. The summed E-state index contributed by atoms with van der Waals surface area (Å²) < 4.78 is 42.8. The van der Waals surface area contributed by atoms with Gasteiger partial charge in [-0.25, -0.2) is 19.2 Å². The lowest BCUT2D eigenvalue weighted by Gasteiger charge is -2.35. The fourth-order valence-electron chi connectivity index (χ4n) is 4.95. The van der Waals surface area contributed by atoms with Crippen molar-refractivity contribution in [3.63, 3.8) is 0 Å². The maximum Gasteiger partial charge on any atom is 0.341 e. The molecular weight excluding hydrogens is 559 g/mol. The molecule has 0 saturated heterocycles. The fourth-order valence-corrected chi connectivity index (χ4v) is 5.57. The van der Waals surface area contributed by atoms with E-state index in [0.29, 0.717) is 32.3 Å². The van der Waals surface area contributed by atoms with E-state index in [0.717, 1.165) is 28.2 Å². The summed E-state index contributed by atoms with van der Waals surface area (Å²) in [5.74, 6) is -0.699. The lowest BCUT2D eigenvalue weighted by molar-refractivity contribution is -0.159. The van der Waals surface area contributed by atoms with Gasteiger partial charge in [0.15, 0.2) is 18.4 Å². The molecule has 7 nitrogen and oxygen atoms in total. The van der Waals surface area contributed by atoms with Gasteiger partial charge in [0.25, 0.3) is 0 Å². The van der Waals surface area contributed by atoms with Crippen molar-refractivity contribution in [2.24, 2.45) is 5.41 Å². The summed E-state index contributed by atoms with van der Waals surface area (Å²) in [5.41, 5.74) is 0.354. The molecule has 0 spiro atoms. The van der Waals surface area contributed by atoms with Crippen molar-refractivity contribution in [1.82, 2.24) is 0 Å². The Balaban J connectivity index is 1.34. The number of fused-ring (bicyclic) bond motifs is 1. The van der Waals surface area contributed by atoms with Crippen molar-refractivity contribution < 1.29 is 37.7 Å². The molecule has 0 radical (unpaired) electrons. The molecule has 0 atom stereocenters. The van der Waals surface area contributed by atoms with Crippen LogP contribution in [0.1, 0.15) is 48.5 Å². The van der Waals surface area contributed by atoms with Crippen LogP contribution in [0.2, 0.25) is 0 Å². The maximum atomic E-state index is 15.1. The van der Waals surface area contributed by atoms with Crippen LogP contribution < -0.4 is 9.47 Å². The van der Waals surface area contributed by atoms with Gasteiger partial charge in [-0.1, -0.05) is 42.5 Å². The molecule has 0 unspecified atom stereocenters. The van der Waals surface area contributed by atoms with E-state index >= 15 is 4.39 Å². The van der Waals surface area contributed by atoms with Crippen LogP contribution >= 0.6 is 10.0 Å². The van der Waals surface area contributed by atoms with Crippen LogP contribution in [0.25, 0.3) is 10.8 Å². The van der Waals surface area contributed by atoms with Gasteiger partial charge < -0.3 is 23.7 Å². The fraction of sp³-hybridized carbons (Fsp3) is 0.455. The first-order valence-electron chi connectivity index (χ1n) is 14.1. The Morgan fingerprint density at radius 2 is 1.71 bits per heavy atom. The van der Waals surface area contributed by atoms with Crippen LogP contribution in [-0.4, -0.2) is 63.1 Å². The number of hydrogen-bond donors (Lipinski definition) is 0. The molecule has 228 valence electrons. The summed E-state index contributed by atoms with van der Waals surface area (Å²) in [4.78, 5) is 25.6. The van der Waals surface area contributed by atoms with Crippen LogP contribution in [0, 0.1) is 11.2 Å². The van der Waals surface area contributed by atoms with Gasteiger partial charge in [-0.2, -0.15) is 0 Å². The number of esters is 2. The third kappa shape index (κ3) is 8.16. The monoisotopic (exact) mass is 600 g/mol. The predicted molar refractivity (Wildman–Crippen MR) is 164 cm³/mol. The Bertz CT molecular complexity index is 1390. The normalized spacial score (nSPS) is 19.2. The molecular formula is C33H41FO7S. The predicted octanol–water partition coefficient (Wildman–Crippen LogP) is 6.88. The van der Waals surface area contributed by atoms with Crippen LogP contribution in [0.4, 0.5) is 4.39 Å². The van der Waals surface area contributed by atoms with E-state index in [1.165, 1.54) is 13.2 Å². The second kappa shape index (κ2) is 13.8. The third-order valence-electron chi connectivity index (χ3n) is 7.64. The average Bonchev–Trinajstić information content (AvgIpc) is 2.97. The molecule has 1 aliphatic rings. The lowest BCUT2D eigenvalue weighted by Crippen LogP contribution is -2.37. The molecule has 0 aromatic heterocycles. The topological polar surface area (TPSA) is 80.3 Å². The van der Waals surface area contributed by atoms with E-state index in [9.17, 15) is 9.59 Å². The number of hydrogen-bond acceptors (Lipinski definition) is 7. The number of carbonyl (C=O) groups is 2. The van der Waals surface area contributed by atoms with Gasteiger partial charge in [0, 0.05) is 17.9 Å². The van der Waals surface area contributed by atoms with Crippen molar-refractivity contribution >= 4 is 32.7 Å². The Kier molecular flexibility index (Phi) is 10.4. The highest BCUT2D eigenvalue weighted by atomic mass is 32.3. The Morgan fingerprint density at radius 1 is 1.00 bits per heavy atom. The number of benzene rings is 3. The minimum absolute atomic E-state index is 0.0277. The molecule has 1 fully saturated rings. The van der Waals surface area contributed by atoms with Gasteiger partial charge in [0.1, 0.15) is 17.9 Å². The second-order valence-corrected chi connectivity index (χ2v) is 16.4. The highest BCUT2D eigenvalue weighted by Gasteiger charge is 2.40. The molecule has 9 heteroatoms. The van der Waals surface area contributed by atoms with Crippen LogP contribution in [0.5, 0.6) is 11.5 Å². The van der Waals surface area contributed by atoms with Crippen molar-refractivity contribution in [2.45, 2.75) is 45.3 Å². The standard InChI is InChI=1S/C33H41FO7S/c1-33(32(36)39-21-24-11-8-10-23-9-6-7-12-26(23)24)15-13-25(14-16-33)41-30-19-27(31(35)37-2)29(20-28(30)34)40-22-38-17-18-42(3,4)5/h6-12,19-20,25H,13-18,21-22H2,1-5H3. The molecule has 3 aromatic rings. The Morgan fingerprint density at radius 3 is 2.43 bits per heavy atom. The van der Waals surface area contributed by atoms with Gasteiger partial charge in [-0.15, -0.1) is 0 Å². The summed E-state index contributed by atoms with van der Waals surface area (Å²) in [6.07, 6.45) is 8.38. The Labute approximate surface area is 248 Å². The second-order valence-electron chi connectivity index (χ2n) is 11.8. The first-order valence-corrected chi connectivity index (χ1v) is 17.1. The molecule has 0 heterocycles. The zero-order valence-corrected chi connectivity index (χ0v) is 25.9. The SMILES string of the molecule is COC(=O)c1cc(OC2CCC(C)(C(=O)OCc3cccc4ccccc34)CC2)c(F)cc1OCOCCS(C)(C)C. The van der Waals surface area contributed by atoms with Crippen LogP contribution in [0.3, 0.4) is 0 Å². The van der Waals surface area contributed by atoms with Gasteiger partial charge in [-0.05, 0) is 67.7 Å². The molecule has 4 rings (SSSR count). The molecule has 0 aliphatic heterocycles. The van der Waals surface area contributed by atoms with Gasteiger partial charge in [0.05, 0.1) is 25.2 Å². The number of rotatable bonds is 12. The number of ether oxygens (including phenoxy) is 5. The van der Waals surface area contributed by atoms with Crippen molar-refractivity contribution in [2.75, 3.05) is 45.0 Å². The lowest BCUT2D eigenvalue weighted by atomic mass is 9.74. The summed E-state index contributed by atoms with van der Waals surface area (Å²) in [6.45, 7) is 2.50. The third-order valence-corrected chi connectivity index (χ3v) is 9.03. The smallest absolute Gasteiger partial charge is 0.341 e. The quantitative estimate of drug-likeness (QED) is 0.127. The van der Waals surface area contributed by atoms with Gasteiger partial charge in [0.2, 0.25) is 0 Å². The molecule has 1 aliphatic carbocycles. The minimum Gasteiger partial charge on any atom is -0.487 e. The van der Waals surface area contributed by atoms with Crippen LogP contribution in [0.15, 0.2) is 54.6 Å². The first-order chi connectivity index (χ1) is 20.0. The zero-order chi connectivity index (χ0) is 30.3. The van der Waals surface area contributed by atoms with E-state index in [4.69, 9.17) is 23.7 Å². The van der Waals surface area contributed by atoms with E-state index in [1.54, 1.807) is 0 Å². The van der Waals surface area contributed by atoms with Crippen molar-refractivity contribution in [1.29, 1.82) is 0 Å². The first kappa shape index (κ1) is 31.6. The molecule has 42 heavy (non-hydrogen) atoms. The molecule has 0 amide bonds. The van der Waals surface area contributed by atoms with E-state index in [1.807, 2.05) is 49.4 Å². The van der Waals surface area contributed by atoms with Crippen molar-refractivity contribution in [3.8, 4) is 11.5 Å². The molecule has 0 bridgehead atoms. The van der Waals surface area contributed by atoms with Crippen LogP contribution in [-0.2, 0) is 25.6 Å². The Hall–Kier alpha value is -3.30. The molecule has 0 N–H and O–H groups in total. The number of methoxy groups -OCH3 is 1. The minimum atomic E-state index is -0.712. The summed E-state index contributed by atoms with van der Waals surface area (Å²) in [5, 5.41) is 2.16. The molecule has 1 saturated carbocycles. The maximum absolute atomic E-state index is 15.1. The average molecular weight is 601 g/mol. The van der Waals surface area contributed by atoms with E-state index in [-0.39, 0.29) is 42.5 Å². The summed E-state index contributed by atoms with van der Waals surface area (Å²) in [7, 11) is 0.538. The van der Waals surface area contributed by atoms with Gasteiger partial charge in [-0.3, -0.25) is 4.79 Å². The highest BCUT2D eigenvalue weighted by molar-refractivity contribution is 8.32. The summed E-state index contributed by atoms with van der Waals surface area (Å²) in [6, 6.07) is 16.4. The van der Waals surface area contributed by atoms with E-state index < -0.39 is 27.2 Å². The molecule has 3 aromatic carbocycles. The van der Waals surface area contributed by atoms with Gasteiger partial charge >= 0.3 is 11.9 Å². The number of halogens is 1. The largest absolute Gasteiger partial charge is 0.487 e.